The maximum atomic E-state index is 11.9. The van der Waals surface area contributed by atoms with E-state index in [4.69, 9.17) is 11.6 Å². The van der Waals surface area contributed by atoms with Crippen LogP contribution in [0.25, 0.3) is 0 Å². The van der Waals surface area contributed by atoms with E-state index in [9.17, 15) is 4.79 Å². The second-order valence-corrected chi connectivity index (χ2v) is 4.82. The number of amides is 1. The molecule has 0 spiro atoms. The molecule has 4 heteroatoms. The van der Waals surface area contributed by atoms with E-state index in [0.29, 0.717) is 5.02 Å². The largest absolute Gasteiger partial charge is 0.349 e. The average molecular weight is 253 g/mol. The highest BCUT2D eigenvalue weighted by Gasteiger charge is 2.26. The molecule has 1 heterocycles. The first-order valence-corrected chi connectivity index (χ1v) is 6.35. The van der Waals surface area contributed by atoms with Crippen molar-refractivity contribution in [2.45, 2.75) is 19.4 Å². The number of rotatable bonds is 4. The fourth-order valence-corrected chi connectivity index (χ4v) is 2.11. The third kappa shape index (κ3) is 2.99. The molecule has 0 bridgehead atoms. The molecule has 1 saturated heterocycles. The molecule has 3 nitrogen and oxygen atoms in total. The van der Waals surface area contributed by atoms with Crippen LogP contribution in [0.1, 0.15) is 24.9 Å². The summed E-state index contributed by atoms with van der Waals surface area (Å²) >= 11 is 5.96. The lowest BCUT2D eigenvalue weighted by atomic mass is 9.99. The molecule has 2 N–H and O–H groups in total. The molecule has 2 rings (SSSR count). The molecular weight excluding hydrogens is 236 g/mol. The molecule has 0 radical (unpaired) electrons. The summed E-state index contributed by atoms with van der Waals surface area (Å²) in [6.45, 7) is 3.64. The third-order valence-electron chi connectivity index (χ3n) is 3.13. The zero-order valence-corrected chi connectivity index (χ0v) is 10.6. The molecule has 1 fully saturated rings. The Labute approximate surface area is 107 Å². The van der Waals surface area contributed by atoms with Crippen molar-refractivity contribution in [3.8, 4) is 0 Å². The highest BCUT2D eigenvalue weighted by Crippen LogP contribution is 2.21. The lowest BCUT2D eigenvalue weighted by molar-refractivity contribution is -0.127. The van der Waals surface area contributed by atoms with Gasteiger partial charge in [0.2, 0.25) is 5.91 Å². The highest BCUT2D eigenvalue weighted by molar-refractivity contribution is 6.30. The maximum absolute atomic E-state index is 11.9. The summed E-state index contributed by atoms with van der Waals surface area (Å²) in [6, 6.07) is 7.73. The summed E-state index contributed by atoms with van der Waals surface area (Å²) in [6.07, 6.45) is 0.867. The fourth-order valence-electron chi connectivity index (χ4n) is 1.91. The fraction of sp³-hybridized carbons (Fsp3) is 0.462. The van der Waals surface area contributed by atoms with E-state index in [0.717, 1.165) is 25.1 Å². The van der Waals surface area contributed by atoms with Gasteiger partial charge in [0.1, 0.15) is 0 Å². The van der Waals surface area contributed by atoms with Crippen molar-refractivity contribution >= 4 is 17.5 Å². The summed E-state index contributed by atoms with van der Waals surface area (Å²) in [7, 11) is 0. The zero-order valence-electron chi connectivity index (χ0n) is 9.87. The lowest BCUT2D eigenvalue weighted by Gasteiger charge is -2.28. The van der Waals surface area contributed by atoms with Crippen LogP contribution in [0.2, 0.25) is 5.02 Å². The minimum atomic E-state index is 0.0572. The van der Waals surface area contributed by atoms with Crippen LogP contribution in [0, 0.1) is 5.92 Å². The van der Waals surface area contributed by atoms with Crippen molar-refractivity contribution in [3.63, 3.8) is 0 Å². The lowest BCUT2D eigenvalue weighted by Crippen LogP contribution is -2.51. The molecule has 92 valence electrons. The van der Waals surface area contributed by atoms with Crippen LogP contribution < -0.4 is 10.6 Å². The second-order valence-electron chi connectivity index (χ2n) is 4.38. The number of carbonyl (C=O) groups excluding carboxylic acids is 1. The van der Waals surface area contributed by atoms with E-state index in [1.54, 1.807) is 0 Å². The number of halogens is 1. The van der Waals surface area contributed by atoms with E-state index >= 15 is 0 Å². The molecule has 0 aliphatic carbocycles. The first kappa shape index (κ1) is 12.4. The van der Waals surface area contributed by atoms with Crippen molar-refractivity contribution in [3.05, 3.63) is 34.9 Å². The van der Waals surface area contributed by atoms with Crippen molar-refractivity contribution in [1.82, 2.24) is 10.6 Å². The Morgan fingerprint density at radius 3 is 2.88 bits per heavy atom. The molecule has 1 amide bonds. The number of hydrogen-bond acceptors (Lipinski definition) is 2. The minimum absolute atomic E-state index is 0.0572. The van der Waals surface area contributed by atoms with E-state index in [2.05, 4.69) is 17.6 Å². The van der Waals surface area contributed by atoms with Crippen LogP contribution in [0.3, 0.4) is 0 Å². The summed E-state index contributed by atoms with van der Waals surface area (Å²) in [5.74, 6) is 0.263. The summed E-state index contributed by atoms with van der Waals surface area (Å²) < 4.78 is 0. The molecule has 1 unspecified atom stereocenters. The SMILES string of the molecule is CCC(NC(=O)C1CNC1)c1cccc(Cl)c1. The highest BCUT2D eigenvalue weighted by atomic mass is 35.5. The normalized spacial score (nSPS) is 17.3. The van der Waals surface area contributed by atoms with Gasteiger partial charge in [-0.1, -0.05) is 30.7 Å². The predicted octanol–water partition coefficient (Wildman–Crippen LogP) is 2.13. The van der Waals surface area contributed by atoms with Gasteiger partial charge >= 0.3 is 0 Å². The minimum Gasteiger partial charge on any atom is -0.349 e. The molecule has 0 saturated carbocycles. The van der Waals surface area contributed by atoms with Crippen LogP contribution in [0.4, 0.5) is 0 Å². The van der Waals surface area contributed by atoms with Gasteiger partial charge in [-0.3, -0.25) is 4.79 Å². The van der Waals surface area contributed by atoms with Crippen LogP contribution in [-0.2, 0) is 4.79 Å². The van der Waals surface area contributed by atoms with E-state index in [1.165, 1.54) is 0 Å². The number of carbonyl (C=O) groups is 1. The topological polar surface area (TPSA) is 41.1 Å². The molecule has 0 aromatic heterocycles. The molecule has 1 aliphatic rings. The second kappa shape index (κ2) is 5.52. The van der Waals surface area contributed by atoms with Crippen molar-refractivity contribution in [2.24, 2.45) is 5.92 Å². The van der Waals surface area contributed by atoms with Gasteiger partial charge in [0.05, 0.1) is 12.0 Å². The molecule has 1 aliphatic heterocycles. The summed E-state index contributed by atoms with van der Waals surface area (Å²) in [4.78, 5) is 11.9. The molecular formula is C13H17ClN2O. The Hall–Kier alpha value is -1.06. The summed E-state index contributed by atoms with van der Waals surface area (Å²) in [5.41, 5.74) is 1.07. The predicted molar refractivity (Wildman–Crippen MR) is 69.0 cm³/mol. The van der Waals surface area contributed by atoms with Crippen molar-refractivity contribution in [1.29, 1.82) is 0 Å². The number of nitrogens with one attached hydrogen (secondary N) is 2. The van der Waals surface area contributed by atoms with E-state index < -0.39 is 0 Å². The van der Waals surface area contributed by atoms with Gasteiger partial charge in [0, 0.05) is 18.1 Å². The van der Waals surface area contributed by atoms with Crippen LogP contribution >= 0.6 is 11.6 Å². The number of benzene rings is 1. The van der Waals surface area contributed by atoms with Crippen LogP contribution in [0.15, 0.2) is 24.3 Å². The van der Waals surface area contributed by atoms with Gasteiger partial charge in [-0.15, -0.1) is 0 Å². The molecule has 17 heavy (non-hydrogen) atoms. The van der Waals surface area contributed by atoms with Gasteiger partial charge in [0.25, 0.3) is 0 Å². The van der Waals surface area contributed by atoms with E-state index in [1.807, 2.05) is 24.3 Å². The van der Waals surface area contributed by atoms with Crippen LogP contribution in [-0.4, -0.2) is 19.0 Å². The Kier molecular flexibility index (Phi) is 4.02. The van der Waals surface area contributed by atoms with Gasteiger partial charge in [0.15, 0.2) is 0 Å². The zero-order chi connectivity index (χ0) is 12.3. The van der Waals surface area contributed by atoms with Crippen molar-refractivity contribution < 1.29 is 4.79 Å². The monoisotopic (exact) mass is 252 g/mol. The third-order valence-corrected chi connectivity index (χ3v) is 3.36. The number of hydrogen-bond donors (Lipinski definition) is 2. The van der Waals surface area contributed by atoms with Gasteiger partial charge < -0.3 is 10.6 Å². The van der Waals surface area contributed by atoms with Gasteiger partial charge in [-0.05, 0) is 24.1 Å². The van der Waals surface area contributed by atoms with Crippen LogP contribution in [0.5, 0.6) is 0 Å². The first-order chi connectivity index (χ1) is 8.20. The Bertz CT molecular complexity index is 404. The van der Waals surface area contributed by atoms with Gasteiger partial charge in [-0.25, -0.2) is 0 Å². The molecule has 1 atom stereocenters. The Morgan fingerprint density at radius 2 is 2.35 bits per heavy atom. The quantitative estimate of drug-likeness (QED) is 0.862. The maximum Gasteiger partial charge on any atom is 0.226 e. The van der Waals surface area contributed by atoms with Gasteiger partial charge in [-0.2, -0.15) is 0 Å². The Morgan fingerprint density at radius 1 is 1.59 bits per heavy atom. The Balaban J connectivity index is 2.02. The molecule has 1 aromatic rings. The molecule has 1 aromatic carbocycles. The van der Waals surface area contributed by atoms with Crippen molar-refractivity contribution in [2.75, 3.05) is 13.1 Å². The first-order valence-electron chi connectivity index (χ1n) is 5.97. The standard InChI is InChI=1S/C13H17ClN2O/c1-2-12(9-4-3-5-11(14)6-9)16-13(17)10-7-15-8-10/h3-6,10,12,15H,2,7-8H2,1H3,(H,16,17). The van der Waals surface area contributed by atoms with E-state index in [-0.39, 0.29) is 17.9 Å². The smallest absolute Gasteiger partial charge is 0.226 e. The average Bonchev–Trinajstić information content (AvgIpc) is 2.23. The summed E-state index contributed by atoms with van der Waals surface area (Å²) in [5, 5.41) is 6.88.